The summed E-state index contributed by atoms with van der Waals surface area (Å²) in [6.07, 6.45) is 8.27. The molecule has 0 fully saturated rings. The van der Waals surface area contributed by atoms with Crippen molar-refractivity contribution in [1.29, 1.82) is 0 Å². The van der Waals surface area contributed by atoms with Crippen LogP contribution in [0.15, 0.2) is 55.0 Å². The molecule has 0 saturated carbocycles. The van der Waals surface area contributed by atoms with Gasteiger partial charge in [-0.1, -0.05) is 41.9 Å². The minimum Gasteiger partial charge on any atom is -0.304 e. The fourth-order valence-corrected chi connectivity index (χ4v) is 2.39. The lowest BCUT2D eigenvalue weighted by Gasteiger charge is -2.01. The van der Waals surface area contributed by atoms with Gasteiger partial charge in [-0.25, -0.2) is 0 Å². The lowest BCUT2D eigenvalue weighted by Crippen LogP contribution is -2.09. The molecule has 1 amide bonds. The molecule has 0 radical (unpaired) electrons. The van der Waals surface area contributed by atoms with Crippen molar-refractivity contribution < 1.29 is 4.79 Å². The Morgan fingerprint density at radius 1 is 1.29 bits per heavy atom. The van der Waals surface area contributed by atoms with Crippen molar-refractivity contribution in [3.8, 4) is 0 Å². The van der Waals surface area contributed by atoms with Crippen LogP contribution in [-0.4, -0.2) is 25.5 Å². The number of amides is 1. The first kappa shape index (κ1) is 16.0. The molecule has 7 heteroatoms. The lowest BCUT2D eigenvalue weighted by molar-refractivity contribution is -0.111. The number of hydrogen-bond donors (Lipinski definition) is 1. The summed E-state index contributed by atoms with van der Waals surface area (Å²) in [7, 11) is 1.82. The van der Waals surface area contributed by atoms with Crippen LogP contribution in [0.1, 0.15) is 11.1 Å². The van der Waals surface area contributed by atoms with Crippen LogP contribution < -0.4 is 5.32 Å². The van der Waals surface area contributed by atoms with Gasteiger partial charge in [0.25, 0.3) is 0 Å². The molecule has 122 valence electrons. The van der Waals surface area contributed by atoms with Gasteiger partial charge in [-0.2, -0.15) is 10.2 Å². The van der Waals surface area contributed by atoms with Gasteiger partial charge in [0.1, 0.15) is 5.02 Å². The van der Waals surface area contributed by atoms with E-state index in [9.17, 15) is 4.79 Å². The van der Waals surface area contributed by atoms with Crippen molar-refractivity contribution in [2.75, 3.05) is 5.32 Å². The predicted molar refractivity (Wildman–Crippen MR) is 93.7 cm³/mol. The van der Waals surface area contributed by atoms with Crippen LogP contribution in [0.5, 0.6) is 0 Å². The largest absolute Gasteiger partial charge is 0.304 e. The average molecular weight is 342 g/mol. The summed E-state index contributed by atoms with van der Waals surface area (Å²) in [4.78, 5) is 12.0. The highest BCUT2D eigenvalue weighted by Crippen LogP contribution is 2.20. The molecule has 2 aromatic heterocycles. The predicted octanol–water partition coefficient (Wildman–Crippen LogP) is 2.97. The monoisotopic (exact) mass is 341 g/mol. The Hall–Kier alpha value is -2.86. The Labute approximate surface area is 144 Å². The number of halogens is 1. The molecule has 1 N–H and O–H groups in total. The zero-order valence-electron chi connectivity index (χ0n) is 13.1. The van der Waals surface area contributed by atoms with E-state index in [1.165, 1.54) is 6.08 Å². The van der Waals surface area contributed by atoms with E-state index >= 15 is 0 Å². The maximum Gasteiger partial charge on any atom is 0.249 e. The van der Waals surface area contributed by atoms with Crippen LogP contribution in [0.4, 0.5) is 5.82 Å². The van der Waals surface area contributed by atoms with E-state index in [-0.39, 0.29) is 5.91 Å². The highest BCUT2D eigenvalue weighted by atomic mass is 35.5. The van der Waals surface area contributed by atoms with Crippen molar-refractivity contribution in [3.05, 3.63) is 71.1 Å². The summed E-state index contributed by atoms with van der Waals surface area (Å²) in [5, 5.41) is 11.4. The Balaban J connectivity index is 1.64. The molecule has 0 aliphatic carbocycles. The molecule has 0 saturated heterocycles. The van der Waals surface area contributed by atoms with E-state index in [2.05, 4.69) is 15.5 Å². The molecule has 3 aromatic rings. The molecular formula is C17H16ClN5O. The van der Waals surface area contributed by atoms with Gasteiger partial charge in [0, 0.05) is 31.1 Å². The van der Waals surface area contributed by atoms with E-state index in [0.717, 1.165) is 11.1 Å². The number of anilines is 1. The van der Waals surface area contributed by atoms with Gasteiger partial charge in [-0.3, -0.25) is 14.2 Å². The topological polar surface area (TPSA) is 64.7 Å². The SMILES string of the molecule is Cn1cc(/C=C/C(=O)Nc2nn(Cc3ccccc3)cc2Cl)cn1. The Morgan fingerprint density at radius 3 is 2.79 bits per heavy atom. The first-order valence-electron chi connectivity index (χ1n) is 7.35. The standard InChI is InChI=1S/C17H16ClN5O/c1-22-10-14(9-19-22)7-8-16(24)20-17-15(18)12-23(21-17)11-13-5-3-2-4-6-13/h2-10,12H,11H2,1H3,(H,20,21,24)/b8-7+. The summed E-state index contributed by atoms with van der Waals surface area (Å²) in [6, 6.07) is 9.90. The van der Waals surface area contributed by atoms with Gasteiger partial charge in [0.15, 0.2) is 5.82 Å². The molecule has 24 heavy (non-hydrogen) atoms. The zero-order chi connectivity index (χ0) is 16.9. The highest BCUT2D eigenvalue weighted by molar-refractivity contribution is 6.33. The number of nitrogens with zero attached hydrogens (tertiary/aromatic N) is 4. The second kappa shape index (κ2) is 7.14. The summed E-state index contributed by atoms with van der Waals surface area (Å²) in [6.45, 7) is 0.585. The maximum absolute atomic E-state index is 12.0. The number of carbonyl (C=O) groups is 1. The first-order chi connectivity index (χ1) is 11.6. The normalized spacial score (nSPS) is 11.1. The van der Waals surface area contributed by atoms with Crippen LogP contribution in [0, 0.1) is 0 Å². The maximum atomic E-state index is 12.0. The second-order valence-corrected chi connectivity index (χ2v) is 5.69. The van der Waals surface area contributed by atoms with Crippen molar-refractivity contribution in [2.24, 2.45) is 7.05 Å². The van der Waals surface area contributed by atoms with Gasteiger partial charge >= 0.3 is 0 Å². The molecule has 0 aliphatic rings. The summed E-state index contributed by atoms with van der Waals surface area (Å²) in [5.41, 5.74) is 1.94. The molecular weight excluding hydrogens is 326 g/mol. The van der Waals surface area contributed by atoms with Crippen molar-refractivity contribution >= 4 is 29.4 Å². The number of benzene rings is 1. The summed E-state index contributed by atoms with van der Waals surface area (Å²) < 4.78 is 3.36. The number of aryl methyl sites for hydroxylation is 1. The zero-order valence-corrected chi connectivity index (χ0v) is 13.8. The Kier molecular flexibility index (Phi) is 4.77. The van der Waals surface area contributed by atoms with Crippen LogP contribution in [0.3, 0.4) is 0 Å². The van der Waals surface area contributed by atoms with Crippen LogP contribution in [0.25, 0.3) is 6.08 Å². The average Bonchev–Trinajstić information content (AvgIpc) is 3.12. The Morgan fingerprint density at radius 2 is 2.08 bits per heavy atom. The fourth-order valence-electron chi connectivity index (χ4n) is 2.19. The van der Waals surface area contributed by atoms with Gasteiger partial charge < -0.3 is 5.32 Å². The smallest absolute Gasteiger partial charge is 0.249 e. The summed E-state index contributed by atoms with van der Waals surface area (Å²) in [5.74, 6) is 0.0409. The van der Waals surface area contributed by atoms with E-state index in [4.69, 9.17) is 11.6 Å². The molecule has 1 aromatic carbocycles. The summed E-state index contributed by atoms with van der Waals surface area (Å²) >= 11 is 6.14. The lowest BCUT2D eigenvalue weighted by atomic mass is 10.2. The fraction of sp³-hybridized carbons (Fsp3) is 0.118. The van der Waals surface area contributed by atoms with Crippen molar-refractivity contribution in [2.45, 2.75) is 6.54 Å². The molecule has 0 atom stereocenters. The van der Waals surface area contributed by atoms with Crippen LogP contribution >= 0.6 is 11.6 Å². The molecule has 3 rings (SSSR count). The highest BCUT2D eigenvalue weighted by Gasteiger charge is 2.09. The van der Waals surface area contributed by atoms with Gasteiger partial charge in [-0.05, 0) is 11.6 Å². The molecule has 0 aliphatic heterocycles. The number of aromatic nitrogens is 4. The minimum absolute atomic E-state index is 0.300. The molecule has 0 bridgehead atoms. The van der Waals surface area contributed by atoms with Gasteiger partial charge in [-0.15, -0.1) is 0 Å². The van der Waals surface area contributed by atoms with Crippen molar-refractivity contribution in [1.82, 2.24) is 19.6 Å². The van der Waals surface area contributed by atoms with Crippen molar-refractivity contribution in [3.63, 3.8) is 0 Å². The van der Waals surface area contributed by atoms with E-state index in [0.29, 0.717) is 17.4 Å². The van der Waals surface area contributed by atoms with Crippen LogP contribution in [-0.2, 0) is 18.4 Å². The third-order valence-corrected chi connectivity index (χ3v) is 3.57. The van der Waals surface area contributed by atoms with E-state index < -0.39 is 0 Å². The number of nitrogens with one attached hydrogen (secondary N) is 1. The molecule has 0 spiro atoms. The van der Waals surface area contributed by atoms with Gasteiger partial charge in [0.2, 0.25) is 5.91 Å². The number of hydrogen-bond acceptors (Lipinski definition) is 3. The molecule has 0 unspecified atom stereocenters. The van der Waals surface area contributed by atoms with E-state index in [1.807, 2.05) is 43.6 Å². The quantitative estimate of drug-likeness (QED) is 0.726. The number of carbonyl (C=O) groups excluding carboxylic acids is 1. The first-order valence-corrected chi connectivity index (χ1v) is 7.72. The van der Waals surface area contributed by atoms with E-state index in [1.54, 1.807) is 27.8 Å². The third-order valence-electron chi connectivity index (χ3n) is 3.30. The second-order valence-electron chi connectivity index (χ2n) is 5.28. The number of rotatable bonds is 5. The molecule has 6 nitrogen and oxygen atoms in total. The minimum atomic E-state index is -0.300. The Bertz CT molecular complexity index is 866. The van der Waals surface area contributed by atoms with Crippen LogP contribution in [0.2, 0.25) is 5.02 Å². The van der Waals surface area contributed by atoms with Gasteiger partial charge in [0.05, 0.1) is 12.7 Å². The molecule has 2 heterocycles. The third kappa shape index (κ3) is 4.11.